The highest BCUT2D eigenvalue weighted by atomic mass is 14.6. The number of rotatable bonds is 1. The van der Waals surface area contributed by atoms with E-state index in [4.69, 9.17) is 0 Å². The molecule has 1 heterocycles. The smallest absolute Gasteiger partial charge is 0.0273 e. The van der Waals surface area contributed by atoms with E-state index in [9.17, 15) is 0 Å². The fourth-order valence-corrected chi connectivity index (χ4v) is 1.67. The summed E-state index contributed by atoms with van der Waals surface area (Å²) >= 11 is 0. The van der Waals surface area contributed by atoms with E-state index in [1.165, 1.54) is 36.8 Å². The number of hydrogen-bond donors (Lipinski definition) is 0. The van der Waals surface area contributed by atoms with Crippen LogP contribution in [0.5, 0.6) is 0 Å². The summed E-state index contributed by atoms with van der Waals surface area (Å²) in [5.74, 6) is 0. The maximum absolute atomic E-state index is 4.01. The van der Waals surface area contributed by atoms with Crippen LogP contribution in [-0.2, 0) is 0 Å². The average molecular weight is 159 g/mol. The summed E-state index contributed by atoms with van der Waals surface area (Å²) in [6.07, 6.45) is 11.3. The Labute approximate surface area is 73.1 Å². The molecule has 0 N–H and O–H groups in total. The van der Waals surface area contributed by atoms with E-state index in [0.29, 0.717) is 0 Å². The lowest BCUT2D eigenvalue weighted by Gasteiger charge is -2.11. The van der Waals surface area contributed by atoms with Gasteiger partial charge in [-0.3, -0.25) is 4.98 Å². The maximum Gasteiger partial charge on any atom is 0.0273 e. The Kier molecular flexibility index (Phi) is 2.21. The summed E-state index contributed by atoms with van der Waals surface area (Å²) in [7, 11) is 0. The molecule has 0 atom stereocenters. The van der Waals surface area contributed by atoms with Gasteiger partial charge in [-0.1, -0.05) is 6.08 Å². The van der Waals surface area contributed by atoms with Crippen molar-refractivity contribution in [3.8, 4) is 0 Å². The molecule has 12 heavy (non-hydrogen) atoms. The van der Waals surface area contributed by atoms with Crippen LogP contribution in [0.25, 0.3) is 5.57 Å². The Bertz CT molecular complexity index is 274. The van der Waals surface area contributed by atoms with Gasteiger partial charge in [0.15, 0.2) is 0 Å². The highest BCUT2D eigenvalue weighted by molar-refractivity contribution is 5.65. The summed E-state index contributed by atoms with van der Waals surface area (Å²) in [5.41, 5.74) is 2.85. The van der Waals surface area contributed by atoms with Crippen LogP contribution >= 0.6 is 0 Å². The first kappa shape index (κ1) is 7.53. The predicted octanol–water partition coefficient (Wildman–Crippen LogP) is 3.04. The molecule has 0 aliphatic heterocycles. The number of aromatic nitrogens is 1. The SMILES string of the molecule is C1=C(c2ccncc2)CCCC1. The molecule has 2 rings (SSSR count). The molecule has 1 aliphatic rings. The van der Waals surface area contributed by atoms with Gasteiger partial charge in [0.1, 0.15) is 0 Å². The van der Waals surface area contributed by atoms with E-state index in [2.05, 4.69) is 23.2 Å². The van der Waals surface area contributed by atoms with Crippen molar-refractivity contribution in [3.63, 3.8) is 0 Å². The molecule has 0 saturated carbocycles. The Morgan fingerprint density at radius 2 is 1.92 bits per heavy atom. The van der Waals surface area contributed by atoms with E-state index in [-0.39, 0.29) is 0 Å². The lowest BCUT2D eigenvalue weighted by Crippen LogP contribution is -1.91. The van der Waals surface area contributed by atoms with E-state index in [0.717, 1.165) is 0 Å². The van der Waals surface area contributed by atoms with Crippen LogP contribution < -0.4 is 0 Å². The topological polar surface area (TPSA) is 12.9 Å². The third-order valence-corrected chi connectivity index (χ3v) is 2.34. The first-order valence-electron chi connectivity index (χ1n) is 4.56. The molecule has 62 valence electrons. The minimum absolute atomic E-state index is 1.24. The molecule has 0 amide bonds. The van der Waals surface area contributed by atoms with Crippen LogP contribution in [0.3, 0.4) is 0 Å². The van der Waals surface area contributed by atoms with Gasteiger partial charge in [-0.2, -0.15) is 0 Å². The standard InChI is InChI=1S/C11H13N/c1-2-4-10(5-3-1)11-6-8-12-9-7-11/h4,6-9H,1-3,5H2. The molecular weight excluding hydrogens is 146 g/mol. The second-order valence-electron chi connectivity index (χ2n) is 3.21. The van der Waals surface area contributed by atoms with E-state index in [1.807, 2.05) is 12.4 Å². The van der Waals surface area contributed by atoms with Crippen LogP contribution in [0.1, 0.15) is 31.2 Å². The Hall–Kier alpha value is -1.11. The monoisotopic (exact) mass is 159 g/mol. The first-order chi connectivity index (χ1) is 5.97. The van der Waals surface area contributed by atoms with Crippen molar-refractivity contribution in [2.24, 2.45) is 0 Å². The number of allylic oxidation sites excluding steroid dienone is 2. The molecule has 1 aromatic rings. The fraction of sp³-hybridized carbons (Fsp3) is 0.364. The van der Waals surface area contributed by atoms with E-state index in [1.54, 1.807) is 0 Å². The normalized spacial score (nSPS) is 17.2. The Morgan fingerprint density at radius 1 is 1.08 bits per heavy atom. The van der Waals surface area contributed by atoms with Crippen molar-refractivity contribution in [1.82, 2.24) is 4.98 Å². The minimum Gasteiger partial charge on any atom is -0.265 e. The maximum atomic E-state index is 4.01. The summed E-state index contributed by atoms with van der Waals surface area (Å²) in [6.45, 7) is 0. The van der Waals surface area contributed by atoms with Crippen molar-refractivity contribution in [1.29, 1.82) is 0 Å². The second kappa shape index (κ2) is 3.53. The zero-order chi connectivity index (χ0) is 8.23. The van der Waals surface area contributed by atoms with Crippen molar-refractivity contribution in [2.45, 2.75) is 25.7 Å². The number of hydrogen-bond acceptors (Lipinski definition) is 1. The molecule has 0 spiro atoms. The molecule has 0 saturated heterocycles. The molecule has 1 aromatic heterocycles. The molecule has 0 fully saturated rings. The van der Waals surface area contributed by atoms with Gasteiger partial charge in [0.05, 0.1) is 0 Å². The summed E-state index contributed by atoms with van der Waals surface area (Å²) in [5, 5.41) is 0. The molecular formula is C11H13N. The molecule has 0 bridgehead atoms. The lowest BCUT2D eigenvalue weighted by atomic mass is 9.94. The van der Waals surface area contributed by atoms with Gasteiger partial charge in [0.2, 0.25) is 0 Å². The first-order valence-corrected chi connectivity index (χ1v) is 4.56. The third kappa shape index (κ3) is 1.55. The van der Waals surface area contributed by atoms with Gasteiger partial charge >= 0.3 is 0 Å². The molecule has 1 heteroatoms. The van der Waals surface area contributed by atoms with Gasteiger partial charge in [0, 0.05) is 12.4 Å². The minimum atomic E-state index is 1.24. The van der Waals surface area contributed by atoms with Gasteiger partial charge in [0.25, 0.3) is 0 Å². The van der Waals surface area contributed by atoms with Crippen LogP contribution in [0.15, 0.2) is 30.6 Å². The highest BCUT2D eigenvalue weighted by Gasteiger charge is 2.04. The van der Waals surface area contributed by atoms with E-state index < -0.39 is 0 Å². The number of nitrogens with zero attached hydrogens (tertiary/aromatic N) is 1. The number of pyridine rings is 1. The Morgan fingerprint density at radius 3 is 2.58 bits per heavy atom. The van der Waals surface area contributed by atoms with Crippen molar-refractivity contribution in [3.05, 3.63) is 36.2 Å². The average Bonchev–Trinajstić information content (AvgIpc) is 2.21. The predicted molar refractivity (Wildman–Crippen MR) is 50.7 cm³/mol. The largest absolute Gasteiger partial charge is 0.265 e. The summed E-state index contributed by atoms with van der Waals surface area (Å²) < 4.78 is 0. The summed E-state index contributed by atoms with van der Waals surface area (Å²) in [6, 6.07) is 4.19. The highest BCUT2D eigenvalue weighted by Crippen LogP contribution is 2.25. The van der Waals surface area contributed by atoms with Crippen LogP contribution in [0.2, 0.25) is 0 Å². The van der Waals surface area contributed by atoms with Crippen molar-refractivity contribution in [2.75, 3.05) is 0 Å². The molecule has 0 unspecified atom stereocenters. The van der Waals surface area contributed by atoms with Gasteiger partial charge in [-0.15, -0.1) is 0 Å². The molecule has 0 radical (unpaired) electrons. The lowest BCUT2D eigenvalue weighted by molar-refractivity contribution is 0.742. The van der Waals surface area contributed by atoms with Crippen LogP contribution in [0, 0.1) is 0 Å². The summed E-state index contributed by atoms with van der Waals surface area (Å²) in [4.78, 5) is 4.01. The van der Waals surface area contributed by atoms with Crippen molar-refractivity contribution >= 4 is 5.57 Å². The van der Waals surface area contributed by atoms with Gasteiger partial charge in [-0.25, -0.2) is 0 Å². The zero-order valence-electron chi connectivity index (χ0n) is 7.16. The van der Waals surface area contributed by atoms with Crippen molar-refractivity contribution < 1.29 is 0 Å². The van der Waals surface area contributed by atoms with Crippen LogP contribution in [0.4, 0.5) is 0 Å². The molecule has 0 aromatic carbocycles. The fourth-order valence-electron chi connectivity index (χ4n) is 1.67. The van der Waals surface area contributed by atoms with Crippen LogP contribution in [-0.4, -0.2) is 4.98 Å². The molecule has 1 aliphatic carbocycles. The van der Waals surface area contributed by atoms with Gasteiger partial charge in [-0.05, 0) is 49.0 Å². The van der Waals surface area contributed by atoms with Gasteiger partial charge < -0.3 is 0 Å². The van der Waals surface area contributed by atoms with E-state index >= 15 is 0 Å². The second-order valence-corrected chi connectivity index (χ2v) is 3.21. The Balaban J connectivity index is 2.24. The quantitative estimate of drug-likeness (QED) is 0.613. The molecule has 1 nitrogen and oxygen atoms in total. The third-order valence-electron chi connectivity index (χ3n) is 2.34. The zero-order valence-corrected chi connectivity index (χ0v) is 7.16.